The van der Waals surface area contributed by atoms with Crippen LogP contribution in [0.2, 0.25) is 0 Å². The molecule has 2 aliphatic rings. The van der Waals surface area contributed by atoms with Gasteiger partial charge in [-0.25, -0.2) is 19.9 Å². The number of anilines is 2. The fourth-order valence-corrected chi connectivity index (χ4v) is 4.20. The van der Waals surface area contributed by atoms with Crippen molar-refractivity contribution in [3.05, 3.63) is 48.4 Å². The van der Waals surface area contributed by atoms with Gasteiger partial charge in [0.25, 0.3) is 0 Å². The zero-order chi connectivity index (χ0) is 23.1. The highest BCUT2D eigenvalue weighted by molar-refractivity contribution is 5.90. The number of ketones is 1. The van der Waals surface area contributed by atoms with Crippen LogP contribution in [-0.4, -0.2) is 63.6 Å². The monoisotopic (exact) mass is 455 g/mol. The van der Waals surface area contributed by atoms with Crippen LogP contribution >= 0.6 is 0 Å². The van der Waals surface area contributed by atoms with E-state index in [1.165, 1.54) is 0 Å². The molecule has 0 atom stereocenters. The summed E-state index contributed by atoms with van der Waals surface area (Å²) in [5.74, 6) is 2.25. The van der Waals surface area contributed by atoms with E-state index in [2.05, 4.69) is 14.9 Å². The summed E-state index contributed by atoms with van der Waals surface area (Å²) in [6, 6.07) is 7.84. The second-order valence-electron chi connectivity index (χ2n) is 8.22. The molecule has 0 saturated carbocycles. The first-order valence-electron chi connectivity index (χ1n) is 11.0. The van der Waals surface area contributed by atoms with E-state index in [1.807, 2.05) is 30.5 Å². The van der Waals surface area contributed by atoms with Crippen LogP contribution in [0.5, 0.6) is 5.75 Å². The third-order valence-electron chi connectivity index (χ3n) is 5.93. The molecule has 1 fully saturated rings. The minimum atomic E-state index is 0.0690. The number of ether oxygens (including phenoxy) is 2. The largest absolute Gasteiger partial charge is 0.486 e. The third-order valence-corrected chi connectivity index (χ3v) is 5.93. The normalized spacial score (nSPS) is 15.8. The molecule has 0 radical (unpaired) electrons. The lowest BCUT2D eigenvalue weighted by Crippen LogP contribution is -2.37. The molecule has 170 valence electrons. The van der Waals surface area contributed by atoms with Crippen LogP contribution < -0.4 is 15.4 Å². The molecular formula is C24H21N7O3. The zero-order valence-corrected chi connectivity index (χ0v) is 18.3. The van der Waals surface area contributed by atoms with Crippen molar-refractivity contribution < 1.29 is 14.3 Å². The summed E-state index contributed by atoms with van der Waals surface area (Å²) in [6.07, 6.45) is 5.42. The van der Waals surface area contributed by atoms with E-state index >= 15 is 0 Å². The quantitative estimate of drug-likeness (QED) is 0.490. The van der Waals surface area contributed by atoms with Crippen molar-refractivity contribution in [3.63, 3.8) is 0 Å². The van der Waals surface area contributed by atoms with Crippen molar-refractivity contribution in [1.29, 1.82) is 0 Å². The minimum absolute atomic E-state index is 0.0690. The molecule has 2 aliphatic heterocycles. The second kappa shape index (κ2) is 8.31. The first-order valence-corrected chi connectivity index (χ1v) is 11.0. The number of hydrogen-bond acceptors (Lipinski definition) is 10. The average Bonchev–Trinajstić information content (AvgIpc) is 2.88. The summed E-state index contributed by atoms with van der Waals surface area (Å²) in [5.41, 5.74) is 10.4. The lowest BCUT2D eigenvalue weighted by atomic mass is 9.99. The van der Waals surface area contributed by atoms with Crippen molar-refractivity contribution in [1.82, 2.24) is 24.9 Å². The molecule has 10 heteroatoms. The van der Waals surface area contributed by atoms with Crippen LogP contribution in [0.1, 0.15) is 5.56 Å². The maximum absolute atomic E-state index is 11.8. The summed E-state index contributed by atoms with van der Waals surface area (Å²) in [7, 11) is 0. The molecule has 0 spiro atoms. The second-order valence-corrected chi connectivity index (χ2v) is 8.22. The van der Waals surface area contributed by atoms with Crippen molar-refractivity contribution in [2.24, 2.45) is 0 Å². The molecule has 3 aromatic heterocycles. The molecule has 4 aromatic rings. The highest BCUT2D eigenvalue weighted by Gasteiger charge is 2.21. The molecule has 0 bridgehead atoms. The third kappa shape index (κ3) is 3.77. The maximum atomic E-state index is 11.8. The molecule has 0 aliphatic carbocycles. The molecule has 0 unspecified atom stereocenters. The number of benzene rings is 1. The van der Waals surface area contributed by atoms with Crippen molar-refractivity contribution in [2.75, 3.05) is 43.5 Å². The van der Waals surface area contributed by atoms with Gasteiger partial charge in [-0.3, -0.25) is 9.78 Å². The Bertz CT molecular complexity index is 1400. The van der Waals surface area contributed by atoms with Crippen LogP contribution in [0.15, 0.2) is 42.9 Å². The number of nitrogens with zero attached hydrogens (tertiary/aromatic N) is 6. The Morgan fingerprint density at radius 2 is 1.71 bits per heavy atom. The van der Waals surface area contributed by atoms with E-state index in [0.717, 1.165) is 28.3 Å². The summed E-state index contributed by atoms with van der Waals surface area (Å²) in [6.45, 7) is 2.81. The number of rotatable bonds is 3. The molecule has 5 heterocycles. The Hall–Kier alpha value is -4.18. The van der Waals surface area contributed by atoms with Gasteiger partial charge in [0.1, 0.15) is 17.9 Å². The predicted octanol–water partition coefficient (Wildman–Crippen LogP) is 2.07. The van der Waals surface area contributed by atoms with Gasteiger partial charge < -0.3 is 20.1 Å². The van der Waals surface area contributed by atoms with Crippen LogP contribution in [0, 0.1) is 0 Å². The van der Waals surface area contributed by atoms with Gasteiger partial charge in [-0.2, -0.15) is 0 Å². The summed E-state index contributed by atoms with van der Waals surface area (Å²) < 4.78 is 11.0. The molecule has 6 rings (SSSR count). The predicted molar refractivity (Wildman–Crippen MR) is 125 cm³/mol. The number of fused-ring (bicyclic) bond motifs is 2. The number of hydrogen-bond donors (Lipinski definition) is 1. The molecule has 34 heavy (non-hydrogen) atoms. The molecule has 2 N–H and O–H groups in total. The Kier molecular flexibility index (Phi) is 4.99. The molecular weight excluding hydrogens is 434 g/mol. The number of carbonyl (C=O) groups is 1. The van der Waals surface area contributed by atoms with Crippen LogP contribution in [-0.2, 0) is 16.0 Å². The van der Waals surface area contributed by atoms with E-state index in [0.29, 0.717) is 55.1 Å². The Balaban J connectivity index is 1.48. The number of morpholine rings is 1. The SMILES string of the molecule is Nc1ncc(-c2nc(N3CCOCC3)c3ncc(-c4ccc5c(c4)CC(=O)CO5)cc3n2)cn1. The smallest absolute Gasteiger partial charge is 0.219 e. The Morgan fingerprint density at radius 1 is 0.912 bits per heavy atom. The van der Waals surface area contributed by atoms with Gasteiger partial charge in [-0.05, 0) is 23.8 Å². The molecule has 1 saturated heterocycles. The van der Waals surface area contributed by atoms with Crippen molar-refractivity contribution >= 4 is 28.6 Å². The summed E-state index contributed by atoms with van der Waals surface area (Å²) in [4.78, 5) is 36.5. The standard InChI is InChI=1S/C24H21N7O3/c25-24-27-11-17(12-28-24)22-29-19-9-16(14-1-2-20-15(7-14)8-18(32)13-34-20)10-26-21(19)23(30-22)31-3-5-33-6-4-31/h1-2,7,9-12H,3-6,8,13H2,(H2,25,27,28). The fourth-order valence-electron chi connectivity index (χ4n) is 4.20. The van der Waals surface area contributed by atoms with Crippen LogP contribution in [0.3, 0.4) is 0 Å². The maximum Gasteiger partial charge on any atom is 0.219 e. The van der Waals surface area contributed by atoms with E-state index in [4.69, 9.17) is 30.2 Å². The summed E-state index contributed by atoms with van der Waals surface area (Å²) >= 11 is 0. The van der Waals surface area contributed by atoms with Gasteiger partial charge in [-0.15, -0.1) is 0 Å². The van der Waals surface area contributed by atoms with Crippen LogP contribution in [0.25, 0.3) is 33.5 Å². The highest BCUT2D eigenvalue weighted by Crippen LogP contribution is 2.32. The summed E-state index contributed by atoms with van der Waals surface area (Å²) in [5, 5.41) is 0. The Labute approximate surface area is 194 Å². The fraction of sp³-hybridized carbons (Fsp3) is 0.250. The lowest BCUT2D eigenvalue weighted by Gasteiger charge is -2.28. The van der Waals surface area contributed by atoms with Gasteiger partial charge in [-0.1, -0.05) is 6.07 Å². The molecule has 0 amide bonds. The lowest BCUT2D eigenvalue weighted by molar-refractivity contribution is -0.121. The van der Waals surface area contributed by atoms with Gasteiger partial charge in [0, 0.05) is 49.2 Å². The zero-order valence-electron chi connectivity index (χ0n) is 18.3. The van der Waals surface area contributed by atoms with Gasteiger partial charge >= 0.3 is 0 Å². The minimum Gasteiger partial charge on any atom is -0.486 e. The van der Waals surface area contributed by atoms with E-state index < -0.39 is 0 Å². The number of pyridine rings is 1. The van der Waals surface area contributed by atoms with Gasteiger partial charge in [0.2, 0.25) is 5.95 Å². The first-order chi connectivity index (χ1) is 16.6. The van der Waals surface area contributed by atoms with Gasteiger partial charge in [0.05, 0.1) is 24.3 Å². The van der Waals surface area contributed by atoms with Gasteiger partial charge in [0.15, 0.2) is 17.4 Å². The van der Waals surface area contributed by atoms with Crippen LogP contribution in [0.4, 0.5) is 11.8 Å². The topological polar surface area (TPSA) is 129 Å². The molecule has 10 nitrogen and oxygen atoms in total. The number of nitrogens with two attached hydrogens (primary N) is 1. The molecule has 1 aromatic carbocycles. The first kappa shape index (κ1) is 20.4. The van der Waals surface area contributed by atoms with Crippen molar-refractivity contribution in [3.8, 4) is 28.3 Å². The Morgan fingerprint density at radius 3 is 2.53 bits per heavy atom. The van der Waals surface area contributed by atoms with E-state index in [1.54, 1.807) is 12.4 Å². The van der Waals surface area contributed by atoms with Crippen molar-refractivity contribution in [2.45, 2.75) is 6.42 Å². The van der Waals surface area contributed by atoms with E-state index in [-0.39, 0.29) is 18.3 Å². The number of nitrogen functional groups attached to an aromatic ring is 1. The number of aromatic nitrogens is 5. The number of Topliss-reactive ketones (excluding diaryl/α,β-unsaturated/α-hetero) is 1. The van der Waals surface area contributed by atoms with E-state index in [9.17, 15) is 4.79 Å². The highest BCUT2D eigenvalue weighted by atomic mass is 16.5. The average molecular weight is 455 g/mol. The number of carbonyl (C=O) groups excluding carboxylic acids is 1.